The summed E-state index contributed by atoms with van der Waals surface area (Å²) in [6, 6.07) is 11.4. The number of carbonyl (C=O) groups excluding carboxylic acids is 1. The number of benzene rings is 2. The molecule has 1 aliphatic rings. The summed E-state index contributed by atoms with van der Waals surface area (Å²) in [6.07, 6.45) is 0.799. The summed E-state index contributed by atoms with van der Waals surface area (Å²) in [5, 5.41) is 1.84. The van der Waals surface area contributed by atoms with Crippen molar-refractivity contribution in [1.29, 1.82) is 0 Å². The molecule has 0 fully saturated rings. The van der Waals surface area contributed by atoms with Gasteiger partial charge in [0.2, 0.25) is 0 Å². The molecule has 25 heavy (non-hydrogen) atoms. The predicted molar refractivity (Wildman–Crippen MR) is 99.8 cm³/mol. The van der Waals surface area contributed by atoms with E-state index in [0.717, 1.165) is 11.9 Å². The van der Waals surface area contributed by atoms with Crippen molar-refractivity contribution in [3.8, 4) is 5.75 Å². The summed E-state index contributed by atoms with van der Waals surface area (Å²) in [7, 11) is 1.50. The molecule has 1 aromatic heterocycles. The number of aromatic amines is 1. The van der Waals surface area contributed by atoms with E-state index < -0.39 is 0 Å². The topological polar surface area (TPSA) is 45.3 Å². The van der Waals surface area contributed by atoms with Crippen LogP contribution in [-0.4, -0.2) is 29.4 Å². The van der Waals surface area contributed by atoms with Crippen LogP contribution in [0.15, 0.2) is 36.4 Å². The van der Waals surface area contributed by atoms with E-state index in [1.165, 1.54) is 23.8 Å². The molecule has 0 spiro atoms. The maximum absolute atomic E-state index is 12.9. The zero-order valence-corrected chi connectivity index (χ0v) is 15.1. The molecule has 0 aliphatic carbocycles. The number of rotatable bonds is 2. The van der Waals surface area contributed by atoms with Crippen LogP contribution in [0, 0.1) is 0 Å². The molecule has 0 saturated carbocycles. The van der Waals surface area contributed by atoms with Crippen molar-refractivity contribution in [3.05, 3.63) is 63.3 Å². The monoisotopic (exact) mass is 374 g/mol. The van der Waals surface area contributed by atoms with Crippen molar-refractivity contribution in [2.45, 2.75) is 13.0 Å². The number of fused-ring (bicyclic) bond motifs is 3. The van der Waals surface area contributed by atoms with Gasteiger partial charge < -0.3 is 14.6 Å². The fraction of sp³-hybridized carbons (Fsp3) is 0.211. The van der Waals surface area contributed by atoms with Crippen molar-refractivity contribution >= 4 is 40.0 Å². The number of hydrogen-bond donors (Lipinski definition) is 1. The summed E-state index contributed by atoms with van der Waals surface area (Å²) in [5.41, 5.74) is 3.97. The fourth-order valence-electron chi connectivity index (χ4n) is 3.40. The Morgan fingerprint density at radius 2 is 1.92 bits per heavy atom. The van der Waals surface area contributed by atoms with Gasteiger partial charge in [0.1, 0.15) is 0 Å². The number of carbonyl (C=O) groups is 1. The minimum atomic E-state index is -0.0811. The van der Waals surface area contributed by atoms with Crippen LogP contribution in [0.2, 0.25) is 10.0 Å². The van der Waals surface area contributed by atoms with Crippen LogP contribution in [0.3, 0.4) is 0 Å². The van der Waals surface area contributed by atoms with Gasteiger partial charge in [-0.3, -0.25) is 4.79 Å². The van der Waals surface area contributed by atoms with Gasteiger partial charge in [-0.1, -0.05) is 41.4 Å². The van der Waals surface area contributed by atoms with Crippen LogP contribution >= 0.6 is 23.2 Å². The lowest BCUT2D eigenvalue weighted by atomic mass is 10.0. The molecule has 0 bridgehead atoms. The lowest BCUT2D eigenvalue weighted by molar-refractivity contribution is 0.0735. The van der Waals surface area contributed by atoms with Gasteiger partial charge in [-0.2, -0.15) is 0 Å². The first-order valence-electron chi connectivity index (χ1n) is 7.99. The molecule has 4 nitrogen and oxygen atoms in total. The molecule has 0 saturated heterocycles. The van der Waals surface area contributed by atoms with Gasteiger partial charge in [-0.05, 0) is 18.2 Å². The van der Waals surface area contributed by atoms with E-state index in [1.54, 1.807) is 12.1 Å². The third kappa shape index (κ3) is 2.75. The van der Waals surface area contributed by atoms with Crippen LogP contribution in [0.1, 0.15) is 21.6 Å². The van der Waals surface area contributed by atoms with E-state index in [0.29, 0.717) is 34.4 Å². The standard InChI is InChI=1S/C19H16Cl2N2O2/c1-25-18-14(20)8-11(9-15(18)21)19(24)23-7-6-17-13(10-23)12-4-2-3-5-16(12)22-17/h2-5,8-9,22H,6-7,10H2,1H3. The largest absolute Gasteiger partial charge is 0.494 e. The Kier molecular flexibility index (Phi) is 4.10. The average molecular weight is 375 g/mol. The smallest absolute Gasteiger partial charge is 0.254 e. The number of amides is 1. The van der Waals surface area contributed by atoms with Gasteiger partial charge in [-0.25, -0.2) is 0 Å². The number of ether oxygens (including phenoxy) is 1. The third-order valence-corrected chi connectivity index (χ3v) is 5.18. The SMILES string of the molecule is COc1c(Cl)cc(C(=O)N2CCc3[nH]c4ccccc4c3C2)cc1Cl. The summed E-state index contributed by atoms with van der Waals surface area (Å²) >= 11 is 12.3. The van der Waals surface area contributed by atoms with E-state index in [-0.39, 0.29) is 5.91 Å². The Hall–Kier alpha value is -2.17. The lowest BCUT2D eigenvalue weighted by Gasteiger charge is -2.27. The van der Waals surface area contributed by atoms with E-state index in [1.807, 2.05) is 17.0 Å². The van der Waals surface area contributed by atoms with Crippen molar-refractivity contribution < 1.29 is 9.53 Å². The first-order valence-corrected chi connectivity index (χ1v) is 8.75. The molecule has 1 amide bonds. The summed E-state index contributed by atoms with van der Waals surface area (Å²) in [6.45, 7) is 1.22. The fourth-order valence-corrected chi connectivity index (χ4v) is 4.04. The maximum atomic E-state index is 12.9. The van der Waals surface area contributed by atoms with Crippen molar-refractivity contribution in [2.75, 3.05) is 13.7 Å². The maximum Gasteiger partial charge on any atom is 0.254 e. The Labute approximate surface area is 155 Å². The zero-order chi connectivity index (χ0) is 17.6. The lowest BCUT2D eigenvalue weighted by Crippen LogP contribution is -2.35. The van der Waals surface area contributed by atoms with E-state index in [4.69, 9.17) is 27.9 Å². The summed E-state index contributed by atoms with van der Waals surface area (Å²) < 4.78 is 5.15. The molecular weight excluding hydrogens is 359 g/mol. The van der Waals surface area contributed by atoms with Crippen molar-refractivity contribution in [2.24, 2.45) is 0 Å². The number of methoxy groups -OCH3 is 1. The summed E-state index contributed by atoms with van der Waals surface area (Å²) in [5.74, 6) is 0.305. The van der Waals surface area contributed by atoms with Crippen LogP contribution in [0.5, 0.6) is 5.75 Å². The molecule has 1 N–H and O–H groups in total. The quantitative estimate of drug-likeness (QED) is 0.707. The van der Waals surface area contributed by atoms with Crippen molar-refractivity contribution in [1.82, 2.24) is 9.88 Å². The van der Waals surface area contributed by atoms with Gasteiger partial charge in [0.05, 0.1) is 17.2 Å². The number of aromatic nitrogens is 1. The minimum Gasteiger partial charge on any atom is -0.494 e. The van der Waals surface area contributed by atoms with Gasteiger partial charge >= 0.3 is 0 Å². The number of para-hydroxylation sites is 1. The highest BCUT2D eigenvalue weighted by molar-refractivity contribution is 6.37. The second-order valence-electron chi connectivity index (χ2n) is 6.08. The molecule has 0 unspecified atom stereocenters. The molecule has 2 aromatic carbocycles. The minimum absolute atomic E-state index is 0.0811. The highest BCUT2D eigenvalue weighted by atomic mass is 35.5. The summed E-state index contributed by atoms with van der Waals surface area (Å²) in [4.78, 5) is 18.2. The highest BCUT2D eigenvalue weighted by Gasteiger charge is 2.25. The van der Waals surface area contributed by atoms with Gasteiger partial charge in [-0.15, -0.1) is 0 Å². The molecule has 2 heterocycles. The van der Waals surface area contributed by atoms with E-state index >= 15 is 0 Å². The first kappa shape index (κ1) is 16.3. The first-order chi connectivity index (χ1) is 12.1. The molecular formula is C19H16Cl2N2O2. The number of nitrogens with one attached hydrogen (secondary N) is 1. The number of hydrogen-bond acceptors (Lipinski definition) is 2. The molecule has 6 heteroatoms. The Morgan fingerprint density at radius 3 is 2.64 bits per heavy atom. The van der Waals surface area contributed by atoms with Crippen LogP contribution < -0.4 is 4.74 Å². The van der Waals surface area contributed by atoms with Crippen molar-refractivity contribution in [3.63, 3.8) is 0 Å². The zero-order valence-electron chi connectivity index (χ0n) is 13.6. The van der Waals surface area contributed by atoms with E-state index in [2.05, 4.69) is 17.1 Å². The second-order valence-corrected chi connectivity index (χ2v) is 6.89. The number of nitrogens with zero attached hydrogens (tertiary/aromatic N) is 1. The molecule has 0 radical (unpaired) electrons. The molecule has 4 rings (SSSR count). The van der Waals surface area contributed by atoms with Gasteiger partial charge in [0.15, 0.2) is 5.75 Å². The molecule has 1 aliphatic heterocycles. The molecule has 128 valence electrons. The van der Waals surface area contributed by atoms with Crippen LogP contribution in [-0.2, 0) is 13.0 Å². The number of halogens is 2. The Bertz CT molecular complexity index is 958. The Balaban J connectivity index is 1.66. The van der Waals surface area contributed by atoms with Crippen LogP contribution in [0.4, 0.5) is 0 Å². The highest BCUT2D eigenvalue weighted by Crippen LogP contribution is 2.35. The normalized spacial score (nSPS) is 13.8. The average Bonchev–Trinajstić information content (AvgIpc) is 2.98. The molecule has 3 aromatic rings. The second kappa shape index (κ2) is 6.28. The Morgan fingerprint density at radius 1 is 1.20 bits per heavy atom. The third-order valence-electron chi connectivity index (χ3n) is 4.62. The van der Waals surface area contributed by atoms with E-state index in [9.17, 15) is 4.79 Å². The van der Waals surface area contributed by atoms with Gasteiger partial charge in [0.25, 0.3) is 5.91 Å². The number of H-pyrrole nitrogens is 1. The van der Waals surface area contributed by atoms with Crippen LogP contribution in [0.25, 0.3) is 10.9 Å². The predicted octanol–water partition coefficient (Wildman–Crippen LogP) is 4.68. The van der Waals surface area contributed by atoms with Gasteiger partial charge in [0, 0.05) is 47.2 Å². The molecule has 0 atom stereocenters.